The molecule has 4 nitrogen and oxygen atoms in total. The quantitative estimate of drug-likeness (QED) is 0.719. The second kappa shape index (κ2) is 6.46. The molecule has 0 unspecified atom stereocenters. The van der Waals surface area contributed by atoms with Gasteiger partial charge in [-0.1, -0.05) is 57.6 Å². The minimum atomic E-state index is -0.171. The number of carbonyl (C=O) groups is 1. The molecule has 3 rings (SSSR count). The van der Waals surface area contributed by atoms with Crippen LogP contribution in [0.3, 0.4) is 0 Å². The van der Waals surface area contributed by atoms with Crippen LogP contribution in [0.5, 0.6) is 0 Å². The van der Waals surface area contributed by atoms with Gasteiger partial charge in [-0.25, -0.2) is 9.78 Å². The Morgan fingerprint density at radius 1 is 1.23 bits per heavy atom. The van der Waals surface area contributed by atoms with Crippen LogP contribution < -0.4 is 5.32 Å². The molecular weight excluding hydrogens is 362 g/mol. The number of urea groups is 1. The van der Waals surface area contributed by atoms with Gasteiger partial charge in [-0.3, -0.25) is 5.32 Å². The van der Waals surface area contributed by atoms with E-state index >= 15 is 0 Å². The lowest BCUT2D eigenvalue weighted by Crippen LogP contribution is -2.30. The number of fused-ring (bicyclic) bond motifs is 1. The fourth-order valence-corrected chi connectivity index (χ4v) is 3.33. The van der Waals surface area contributed by atoms with Gasteiger partial charge in [-0.05, 0) is 23.8 Å². The van der Waals surface area contributed by atoms with Gasteiger partial charge < -0.3 is 4.90 Å². The zero-order valence-electron chi connectivity index (χ0n) is 11.9. The fourth-order valence-electron chi connectivity index (χ4n) is 2.07. The number of nitrogens with zero attached hydrogens (tertiary/aromatic N) is 2. The van der Waals surface area contributed by atoms with Crippen molar-refractivity contribution in [3.8, 4) is 0 Å². The van der Waals surface area contributed by atoms with Gasteiger partial charge in [0.25, 0.3) is 0 Å². The minimum absolute atomic E-state index is 0.171. The summed E-state index contributed by atoms with van der Waals surface area (Å²) < 4.78 is 2.06. The summed E-state index contributed by atoms with van der Waals surface area (Å²) in [5.74, 6) is 0. The van der Waals surface area contributed by atoms with Gasteiger partial charge >= 0.3 is 6.03 Å². The van der Waals surface area contributed by atoms with Gasteiger partial charge in [0.05, 0.1) is 10.2 Å². The van der Waals surface area contributed by atoms with Crippen LogP contribution in [0.15, 0.2) is 53.0 Å². The lowest BCUT2D eigenvalue weighted by molar-refractivity contribution is 0.220. The van der Waals surface area contributed by atoms with E-state index in [4.69, 9.17) is 0 Å². The van der Waals surface area contributed by atoms with Crippen molar-refractivity contribution >= 4 is 48.6 Å². The third kappa shape index (κ3) is 3.28. The second-order valence-corrected chi connectivity index (χ2v) is 6.75. The van der Waals surface area contributed by atoms with Crippen LogP contribution in [-0.4, -0.2) is 23.0 Å². The van der Waals surface area contributed by atoms with Gasteiger partial charge in [-0.15, -0.1) is 0 Å². The van der Waals surface area contributed by atoms with Crippen LogP contribution in [0.2, 0.25) is 0 Å². The van der Waals surface area contributed by atoms with Crippen LogP contribution in [0.1, 0.15) is 5.56 Å². The number of anilines is 1. The number of benzene rings is 2. The van der Waals surface area contributed by atoms with E-state index in [-0.39, 0.29) is 6.03 Å². The molecule has 1 heterocycles. The van der Waals surface area contributed by atoms with Crippen molar-refractivity contribution in [1.82, 2.24) is 9.88 Å². The summed E-state index contributed by atoms with van der Waals surface area (Å²) in [5, 5.41) is 3.47. The number of aromatic nitrogens is 1. The SMILES string of the molecule is CN(Cc1ccccc1Br)C(=O)Nc1nc2ccccc2s1. The first-order valence-electron chi connectivity index (χ1n) is 6.74. The Kier molecular flexibility index (Phi) is 4.40. The summed E-state index contributed by atoms with van der Waals surface area (Å²) in [5.41, 5.74) is 1.96. The number of nitrogens with one attached hydrogen (secondary N) is 1. The molecule has 0 spiro atoms. The van der Waals surface area contributed by atoms with Crippen LogP contribution >= 0.6 is 27.3 Å². The zero-order chi connectivity index (χ0) is 15.5. The third-order valence-corrected chi connectivity index (χ3v) is 4.95. The fraction of sp³-hybridized carbons (Fsp3) is 0.125. The summed E-state index contributed by atoms with van der Waals surface area (Å²) >= 11 is 4.97. The molecule has 6 heteroatoms. The summed E-state index contributed by atoms with van der Waals surface area (Å²) in [7, 11) is 1.77. The maximum atomic E-state index is 12.3. The van der Waals surface area contributed by atoms with Crippen molar-refractivity contribution in [2.24, 2.45) is 0 Å². The number of hydrogen-bond acceptors (Lipinski definition) is 3. The van der Waals surface area contributed by atoms with Gasteiger partial charge in [0.15, 0.2) is 5.13 Å². The zero-order valence-corrected chi connectivity index (χ0v) is 14.3. The predicted molar refractivity (Wildman–Crippen MR) is 94.2 cm³/mol. The minimum Gasteiger partial charge on any atom is -0.323 e. The predicted octanol–water partition coefficient (Wildman–Crippen LogP) is 4.72. The molecule has 0 saturated carbocycles. The maximum absolute atomic E-state index is 12.3. The summed E-state index contributed by atoms with van der Waals surface area (Å²) in [6.45, 7) is 0.526. The van der Waals surface area contributed by atoms with Crippen LogP contribution in [0.4, 0.5) is 9.93 Å². The molecule has 22 heavy (non-hydrogen) atoms. The first-order valence-corrected chi connectivity index (χ1v) is 8.35. The lowest BCUT2D eigenvalue weighted by atomic mass is 10.2. The number of para-hydroxylation sites is 1. The third-order valence-electron chi connectivity index (χ3n) is 3.22. The molecular formula is C16H14BrN3OS. The molecule has 1 aromatic heterocycles. The largest absolute Gasteiger partial charge is 0.323 e. The van der Waals surface area contributed by atoms with Crippen molar-refractivity contribution in [1.29, 1.82) is 0 Å². The molecule has 2 amide bonds. The van der Waals surface area contributed by atoms with E-state index in [1.807, 2.05) is 48.5 Å². The number of halogens is 1. The molecule has 0 saturated heterocycles. The number of thiazole rings is 1. The molecule has 1 N–H and O–H groups in total. The smallest absolute Gasteiger partial charge is 0.323 e. The molecule has 2 aromatic carbocycles. The summed E-state index contributed by atoms with van der Waals surface area (Å²) in [6.07, 6.45) is 0. The van der Waals surface area contributed by atoms with E-state index in [9.17, 15) is 4.79 Å². The average molecular weight is 376 g/mol. The highest BCUT2D eigenvalue weighted by Gasteiger charge is 2.13. The van der Waals surface area contributed by atoms with E-state index in [0.717, 1.165) is 20.3 Å². The number of amides is 2. The van der Waals surface area contributed by atoms with Crippen LogP contribution in [0.25, 0.3) is 10.2 Å². The Balaban J connectivity index is 1.69. The Labute approximate surface area is 140 Å². The van der Waals surface area contributed by atoms with E-state index in [0.29, 0.717) is 11.7 Å². The maximum Gasteiger partial charge on any atom is 0.323 e. The summed E-state index contributed by atoms with van der Waals surface area (Å²) in [4.78, 5) is 18.3. The molecule has 0 aliphatic rings. The molecule has 0 aliphatic carbocycles. The van der Waals surface area contributed by atoms with E-state index < -0.39 is 0 Å². The van der Waals surface area contributed by atoms with Gasteiger partial charge in [0.2, 0.25) is 0 Å². The Morgan fingerprint density at radius 2 is 1.95 bits per heavy atom. The first-order chi connectivity index (χ1) is 10.6. The molecule has 0 aliphatic heterocycles. The van der Waals surface area contributed by atoms with Gasteiger partial charge in [0, 0.05) is 18.1 Å². The van der Waals surface area contributed by atoms with E-state index in [1.165, 1.54) is 11.3 Å². The van der Waals surface area contributed by atoms with Gasteiger partial charge in [0.1, 0.15) is 0 Å². The average Bonchev–Trinajstić information content (AvgIpc) is 2.91. The molecule has 112 valence electrons. The lowest BCUT2D eigenvalue weighted by Gasteiger charge is -2.17. The Bertz CT molecular complexity index is 785. The van der Waals surface area contributed by atoms with Crippen molar-refractivity contribution in [2.75, 3.05) is 12.4 Å². The monoisotopic (exact) mass is 375 g/mol. The molecule has 0 atom stereocenters. The second-order valence-electron chi connectivity index (χ2n) is 4.86. The number of carbonyl (C=O) groups excluding carboxylic acids is 1. The highest BCUT2D eigenvalue weighted by molar-refractivity contribution is 9.10. The van der Waals surface area contributed by atoms with E-state index in [2.05, 4.69) is 26.2 Å². The Hall–Kier alpha value is -1.92. The van der Waals surface area contributed by atoms with Crippen molar-refractivity contribution in [3.05, 3.63) is 58.6 Å². The number of rotatable bonds is 3. The standard InChI is InChI=1S/C16H14BrN3OS/c1-20(10-11-6-2-3-7-12(11)17)16(21)19-15-18-13-8-4-5-9-14(13)22-15/h2-9H,10H2,1H3,(H,18,19,21). The Morgan fingerprint density at radius 3 is 2.73 bits per heavy atom. The molecule has 0 fully saturated rings. The summed E-state index contributed by atoms with van der Waals surface area (Å²) in [6, 6.07) is 15.5. The molecule has 0 bridgehead atoms. The van der Waals surface area contributed by atoms with Gasteiger partial charge in [-0.2, -0.15) is 0 Å². The van der Waals surface area contributed by atoms with Crippen LogP contribution in [-0.2, 0) is 6.54 Å². The van der Waals surface area contributed by atoms with Crippen LogP contribution in [0, 0.1) is 0 Å². The first kappa shape index (κ1) is 15.0. The highest BCUT2D eigenvalue weighted by Crippen LogP contribution is 2.25. The highest BCUT2D eigenvalue weighted by atomic mass is 79.9. The molecule has 0 radical (unpaired) electrons. The normalized spacial score (nSPS) is 10.6. The van der Waals surface area contributed by atoms with Crippen molar-refractivity contribution < 1.29 is 4.79 Å². The van der Waals surface area contributed by atoms with Crippen molar-refractivity contribution in [2.45, 2.75) is 6.54 Å². The topological polar surface area (TPSA) is 45.2 Å². The number of hydrogen-bond donors (Lipinski definition) is 1. The van der Waals surface area contributed by atoms with E-state index in [1.54, 1.807) is 11.9 Å². The molecule has 3 aromatic rings. The van der Waals surface area contributed by atoms with Crippen molar-refractivity contribution in [3.63, 3.8) is 0 Å².